The van der Waals surface area contributed by atoms with E-state index in [0.717, 1.165) is 23.2 Å². The zero-order valence-electron chi connectivity index (χ0n) is 15.6. The van der Waals surface area contributed by atoms with E-state index in [4.69, 9.17) is 0 Å². The Hall–Kier alpha value is -3.67. The van der Waals surface area contributed by atoms with E-state index >= 15 is 0 Å². The van der Waals surface area contributed by atoms with Gasteiger partial charge in [-0.3, -0.25) is 9.89 Å². The summed E-state index contributed by atoms with van der Waals surface area (Å²) in [5.41, 5.74) is 4.66. The Morgan fingerprint density at radius 2 is 1.93 bits per heavy atom. The molecule has 28 heavy (non-hydrogen) atoms. The zero-order chi connectivity index (χ0) is 19.5. The van der Waals surface area contributed by atoms with Gasteiger partial charge in [0.2, 0.25) is 0 Å². The Balaban J connectivity index is 1.58. The highest BCUT2D eigenvalue weighted by atomic mass is 16.1. The van der Waals surface area contributed by atoms with Crippen LogP contribution in [0, 0.1) is 6.92 Å². The molecule has 0 atom stereocenters. The van der Waals surface area contributed by atoms with Crippen LogP contribution in [0.4, 0.5) is 5.69 Å². The van der Waals surface area contributed by atoms with E-state index in [0.29, 0.717) is 23.8 Å². The van der Waals surface area contributed by atoms with E-state index in [1.54, 1.807) is 0 Å². The molecule has 4 rings (SSSR count). The summed E-state index contributed by atoms with van der Waals surface area (Å²) in [5.74, 6) is 0.995. The Kier molecular flexibility index (Phi) is 4.76. The van der Waals surface area contributed by atoms with Crippen LogP contribution >= 0.6 is 0 Å². The van der Waals surface area contributed by atoms with Crippen LogP contribution in [-0.2, 0) is 13.0 Å². The van der Waals surface area contributed by atoms with E-state index in [1.807, 2.05) is 49.4 Å². The number of nitrogens with zero attached hydrogens (tertiary/aromatic N) is 3. The minimum absolute atomic E-state index is 0.185. The van der Waals surface area contributed by atoms with Crippen molar-refractivity contribution in [2.75, 3.05) is 5.32 Å². The fraction of sp³-hybridized carbons (Fsp3) is 0.136. The molecule has 0 amide bonds. The number of hydrogen-bond donors (Lipinski definition) is 2. The maximum atomic E-state index is 12.5. The van der Waals surface area contributed by atoms with E-state index in [-0.39, 0.29) is 5.56 Å². The van der Waals surface area contributed by atoms with Crippen molar-refractivity contribution >= 4 is 11.5 Å². The Morgan fingerprint density at radius 1 is 1.14 bits per heavy atom. The van der Waals surface area contributed by atoms with Crippen LogP contribution in [0.1, 0.15) is 16.8 Å². The quantitative estimate of drug-likeness (QED) is 0.507. The summed E-state index contributed by atoms with van der Waals surface area (Å²) in [7, 11) is 0. The van der Waals surface area contributed by atoms with Gasteiger partial charge >= 0.3 is 0 Å². The fourth-order valence-electron chi connectivity index (χ4n) is 3.09. The number of fused-ring (bicyclic) bond motifs is 1. The van der Waals surface area contributed by atoms with Gasteiger partial charge in [-0.15, -0.1) is 6.58 Å². The smallest absolute Gasteiger partial charge is 0.274 e. The van der Waals surface area contributed by atoms with Gasteiger partial charge in [-0.1, -0.05) is 42.5 Å². The topological polar surface area (TPSA) is 75.1 Å². The Labute approximate surface area is 162 Å². The van der Waals surface area contributed by atoms with Crippen LogP contribution in [0.15, 0.2) is 72.0 Å². The SMILES string of the molecule is C=CCc1ccc(NCc2cc(=O)n3[nH]c(-c4ccccc4C)nc3n2)cc1. The van der Waals surface area contributed by atoms with E-state index < -0.39 is 0 Å². The number of hydrogen-bond acceptors (Lipinski definition) is 4. The lowest BCUT2D eigenvalue weighted by atomic mass is 10.1. The summed E-state index contributed by atoms with van der Waals surface area (Å²) in [6.45, 7) is 6.20. The van der Waals surface area contributed by atoms with Crippen molar-refractivity contribution in [1.82, 2.24) is 19.6 Å². The number of aryl methyl sites for hydroxylation is 1. The summed E-state index contributed by atoms with van der Waals surface area (Å²) in [5, 5.41) is 6.34. The lowest BCUT2D eigenvalue weighted by Gasteiger charge is -2.06. The van der Waals surface area contributed by atoms with Crippen molar-refractivity contribution in [2.24, 2.45) is 0 Å². The van der Waals surface area contributed by atoms with Gasteiger partial charge in [0.15, 0.2) is 5.82 Å². The van der Waals surface area contributed by atoms with E-state index in [1.165, 1.54) is 16.1 Å². The summed E-state index contributed by atoms with van der Waals surface area (Å²) in [4.78, 5) is 21.5. The van der Waals surface area contributed by atoms with Gasteiger partial charge in [0.05, 0.1) is 12.2 Å². The highest BCUT2D eigenvalue weighted by Crippen LogP contribution is 2.19. The minimum atomic E-state index is -0.185. The highest BCUT2D eigenvalue weighted by Gasteiger charge is 2.11. The Bertz CT molecular complexity index is 1190. The predicted molar refractivity (Wildman–Crippen MR) is 111 cm³/mol. The Morgan fingerprint density at radius 3 is 2.68 bits per heavy atom. The van der Waals surface area contributed by atoms with Crippen molar-refractivity contribution in [2.45, 2.75) is 19.9 Å². The lowest BCUT2D eigenvalue weighted by Crippen LogP contribution is -2.17. The van der Waals surface area contributed by atoms with Gasteiger partial charge in [0.1, 0.15) is 0 Å². The number of anilines is 1. The van der Waals surface area contributed by atoms with Crippen molar-refractivity contribution in [3.05, 3.63) is 94.4 Å². The number of rotatable bonds is 6. The molecule has 0 aliphatic carbocycles. The lowest BCUT2D eigenvalue weighted by molar-refractivity contribution is 0.878. The summed E-state index contributed by atoms with van der Waals surface area (Å²) >= 11 is 0. The third-order valence-corrected chi connectivity index (χ3v) is 4.59. The number of aromatic nitrogens is 4. The molecular formula is C22H21N5O. The first kappa shape index (κ1) is 17.7. The first-order chi connectivity index (χ1) is 13.6. The molecule has 0 fully saturated rings. The molecule has 2 aromatic heterocycles. The second-order valence-corrected chi connectivity index (χ2v) is 6.65. The molecule has 0 bridgehead atoms. The highest BCUT2D eigenvalue weighted by molar-refractivity contribution is 5.61. The molecule has 0 aliphatic heterocycles. The molecule has 0 unspecified atom stereocenters. The number of H-pyrrole nitrogens is 1. The maximum Gasteiger partial charge on any atom is 0.274 e. The average Bonchev–Trinajstić information content (AvgIpc) is 3.13. The molecule has 0 radical (unpaired) electrons. The summed E-state index contributed by atoms with van der Waals surface area (Å²) in [6.07, 6.45) is 2.72. The van der Waals surface area contributed by atoms with Gasteiger partial charge in [-0.2, -0.15) is 9.50 Å². The molecule has 4 aromatic rings. The van der Waals surface area contributed by atoms with Crippen molar-refractivity contribution in [3.63, 3.8) is 0 Å². The molecule has 140 valence electrons. The molecule has 0 saturated heterocycles. The van der Waals surface area contributed by atoms with Crippen LogP contribution in [0.2, 0.25) is 0 Å². The predicted octanol–water partition coefficient (Wildman–Crippen LogP) is 3.73. The first-order valence-corrected chi connectivity index (χ1v) is 9.12. The third kappa shape index (κ3) is 3.57. The second-order valence-electron chi connectivity index (χ2n) is 6.65. The van der Waals surface area contributed by atoms with Crippen LogP contribution in [0.3, 0.4) is 0 Å². The van der Waals surface area contributed by atoms with Crippen molar-refractivity contribution in [1.29, 1.82) is 0 Å². The molecule has 6 heteroatoms. The average molecular weight is 371 g/mol. The van der Waals surface area contributed by atoms with Gasteiger partial charge in [0.25, 0.3) is 11.3 Å². The van der Waals surface area contributed by atoms with Crippen LogP contribution < -0.4 is 10.9 Å². The van der Waals surface area contributed by atoms with E-state index in [9.17, 15) is 4.79 Å². The fourth-order valence-corrected chi connectivity index (χ4v) is 3.09. The monoisotopic (exact) mass is 371 g/mol. The van der Waals surface area contributed by atoms with Gasteiger partial charge in [-0.05, 0) is 36.6 Å². The number of allylic oxidation sites excluding steroid dienone is 1. The van der Waals surface area contributed by atoms with Crippen LogP contribution in [-0.4, -0.2) is 19.6 Å². The molecular weight excluding hydrogens is 350 g/mol. The third-order valence-electron chi connectivity index (χ3n) is 4.59. The molecule has 0 spiro atoms. The molecule has 2 N–H and O–H groups in total. The standard InChI is InChI=1S/C22H21N5O/c1-3-6-16-9-11-17(12-10-16)23-14-18-13-20(28)27-22(24-18)25-21(26-27)19-8-5-4-7-15(19)2/h3-5,7-13,23H,1,6,14H2,2H3,(H,24,25,26). The number of nitrogens with one attached hydrogen (secondary N) is 2. The molecule has 2 aromatic carbocycles. The summed E-state index contributed by atoms with van der Waals surface area (Å²) in [6, 6.07) is 17.5. The van der Waals surface area contributed by atoms with Crippen molar-refractivity contribution < 1.29 is 0 Å². The molecule has 0 aliphatic rings. The minimum Gasteiger partial charge on any atom is -0.379 e. The van der Waals surface area contributed by atoms with Crippen LogP contribution in [0.5, 0.6) is 0 Å². The molecule has 2 heterocycles. The van der Waals surface area contributed by atoms with Gasteiger partial charge < -0.3 is 5.32 Å². The van der Waals surface area contributed by atoms with E-state index in [2.05, 4.69) is 39.1 Å². The normalized spacial score (nSPS) is 10.9. The largest absolute Gasteiger partial charge is 0.379 e. The van der Waals surface area contributed by atoms with Crippen molar-refractivity contribution in [3.8, 4) is 11.4 Å². The van der Waals surface area contributed by atoms with Crippen LogP contribution in [0.25, 0.3) is 17.2 Å². The summed E-state index contributed by atoms with van der Waals surface area (Å²) < 4.78 is 1.37. The van der Waals surface area contributed by atoms with Gasteiger partial charge in [-0.25, -0.2) is 4.98 Å². The van der Waals surface area contributed by atoms with Gasteiger partial charge in [0, 0.05) is 17.3 Å². The number of benzene rings is 2. The molecule has 0 saturated carbocycles. The first-order valence-electron chi connectivity index (χ1n) is 9.12. The second kappa shape index (κ2) is 7.52. The maximum absolute atomic E-state index is 12.5. The zero-order valence-corrected chi connectivity index (χ0v) is 15.6. The number of aromatic amines is 1. The molecule has 6 nitrogen and oxygen atoms in total.